The summed E-state index contributed by atoms with van der Waals surface area (Å²) in [5.74, 6) is 1.87. The van der Waals surface area contributed by atoms with E-state index in [2.05, 4.69) is 21.2 Å². The van der Waals surface area contributed by atoms with Gasteiger partial charge in [0.25, 0.3) is 0 Å². The summed E-state index contributed by atoms with van der Waals surface area (Å²) in [5.41, 5.74) is 8.71. The molecule has 0 saturated carbocycles. The first-order valence-electron chi connectivity index (χ1n) is 14.2. The number of nitrogens with one attached hydrogen (secondary N) is 1. The highest BCUT2D eigenvalue weighted by Gasteiger charge is 2.52. The molecule has 2 fully saturated rings. The molecule has 0 spiro atoms. The van der Waals surface area contributed by atoms with Crippen molar-refractivity contribution in [1.29, 1.82) is 0 Å². The lowest BCUT2D eigenvalue weighted by Crippen LogP contribution is -2.66. The molecule has 2 aromatic carbocycles. The standard InChI is InChI=1S/C31H28Cl2N8O4S/c1-2-10-39(31(45)36-13-18-6-9-22(32)23(33)11-18)40-17-27(43)41-24(12-20-7-8-21(42)14-35-20)29(44)38(16-26(40)41)15-19-4-3-5-25-28(19)37-30(34)46-25/h1,3-9,11,14,24,26,42H,10,12-13,15-17H2,(H2,34,37)(H,36,45)/t24-,26+/m0/s1. The van der Waals surface area contributed by atoms with Crippen LogP contribution in [0.25, 0.3) is 10.2 Å². The second-order valence-electron chi connectivity index (χ2n) is 10.8. The topological polar surface area (TPSA) is 148 Å². The smallest absolute Gasteiger partial charge is 0.333 e. The minimum atomic E-state index is -0.931. The van der Waals surface area contributed by atoms with Gasteiger partial charge in [-0.1, -0.05) is 58.7 Å². The molecule has 0 unspecified atom stereocenters. The van der Waals surface area contributed by atoms with E-state index < -0.39 is 18.2 Å². The molecule has 4 heterocycles. The van der Waals surface area contributed by atoms with Gasteiger partial charge in [0.1, 0.15) is 18.0 Å². The van der Waals surface area contributed by atoms with E-state index in [9.17, 15) is 19.5 Å². The van der Waals surface area contributed by atoms with Gasteiger partial charge < -0.3 is 26.0 Å². The number of nitrogens with zero attached hydrogens (tertiary/aromatic N) is 6. The number of piperazine rings is 1. The number of para-hydroxylation sites is 1. The van der Waals surface area contributed by atoms with Crippen molar-refractivity contribution in [1.82, 2.24) is 35.1 Å². The van der Waals surface area contributed by atoms with Crippen molar-refractivity contribution in [3.05, 3.63) is 81.6 Å². The van der Waals surface area contributed by atoms with Crippen LogP contribution in [0.15, 0.2) is 54.7 Å². The van der Waals surface area contributed by atoms with Crippen LogP contribution in [-0.2, 0) is 29.1 Å². The summed E-state index contributed by atoms with van der Waals surface area (Å²) < 4.78 is 0.891. The highest BCUT2D eigenvalue weighted by atomic mass is 35.5. The minimum absolute atomic E-state index is 0.0194. The highest BCUT2D eigenvalue weighted by molar-refractivity contribution is 7.22. The molecule has 4 N–H and O–H groups in total. The van der Waals surface area contributed by atoms with Gasteiger partial charge in [0.05, 0.1) is 46.1 Å². The SMILES string of the molecule is C#CCN(C(=O)NCc1ccc(Cl)c(Cl)c1)N1CC(=O)N2[C@@H](Cc3ccc(O)cn3)C(=O)N(Cc3cccc4sc(N)nc34)C[C@@H]21. The Bertz CT molecular complexity index is 1860. The molecule has 0 aliphatic carbocycles. The van der Waals surface area contributed by atoms with E-state index in [1.807, 2.05) is 18.2 Å². The van der Waals surface area contributed by atoms with Crippen LogP contribution in [-0.4, -0.2) is 84.6 Å². The summed E-state index contributed by atoms with van der Waals surface area (Å²) in [6, 6.07) is 12.3. The summed E-state index contributed by atoms with van der Waals surface area (Å²) >= 11 is 13.5. The van der Waals surface area contributed by atoms with Gasteiger partial charge in [-0.2, -0.15) is 5.01 Å². The molecular formula is C31H28Cl2N8O4S. The van der Waals surface area contributed by atoms with Crippen LogP contribution in [0.4, 0.5) is 9.93 Å². The van der Waals surface area contributed by atoms with Crippen LogP contribution < -0.4 is 11.1 Å². The first-order valence-corrected chi connectivity index (χ1v) is 15.8. The zero-order valence-electron chi connectivity index (χ0n) is 24.3. The first kappa shape index (κ1) is 31.4. The van der Waals surface area contributed by atoms with Crippen LogP contribution in [0.1, 0.15) is 16.8 Å². The maximum Gasteiger partial charge on any atom is 0.333 e. The molecule has 4 amide bonds. The number of hydrazine groups is 1. The number of carbonyl (C=O) groups is 3. The van der Waals surface area contributed by atoms with Gasteiger partial charge in [0.2, 0.25) is 11.8 Å². The molecule has 2 aliphatic heterocycles. The number of nitrogens with two attached hydrogens (primary N) is 1. The Kier molecular flexibility index (Phi) is 8.88. The van der Waals surface area contributed by atoms with Crippen LogP contribution in [0.2, 0.25) is 10.0 Å². The van der Waals surface area contributed by atoms with Gasteiger partial charge in [-0.25, -0.2) is 14.8 Å². The number of rotatable bonds is 8. The molecular weight excluding hydrogens is 651 g/mol. The highest BCUT2D eigenvalue weighted by Crippen LogP contribution is 2.32. The fourth-order valence-electron chi connectivity index (χ4n) is 5.77. The molecule has 15 heteroatoms. The predicted octanol–water partition coefficient (Wildman–Crippen LogP) is 3.47. The van der Waals surface area contributed by atoms with Crippen molar-refractivity contribution in [3.8, 4) is 18.1 Å². The Hall–Kier alpha value is -4.61. The van der Waals surface area contributed by atoms with E-state index in [4.69, 9.17) is 35.4 Å². The van der Waals surface area contributed by atoms with Gasteiger partial charge in [-0.15, -0.1) is 6.42 Å². The van der Waals surface area contributed by atoms with Crippen molar-refractivity contribution in [3.63, 3.8) is 0 Å². The number of aromatic nitrogens is 2. The van der Waals surface area contributed by atoms with E-state index in [0.29, 0.717) is 26.4 Å². The molecule has 0 bridgehead atoms. The number of hydrogen-bond acceptors (Lipinski definition) is 9. The maximum absolute atomic E-state index is 14.1. The molecule has 236 valence electrons. The number of thiazole rings is 1. The molecule has 46 heavy (non-hydrogen) atoms. The second-order valence-corrected chi connectivity index (χ2v) is 12.7. The van der Waals surface area contributed by atoms with Gasteiger partial charge in [-0.3, -0.25) is 14.6 Å². The van der Waals surface area contributed by atoms with Crippen LogP contribution in [0.3, 0.4) is 0 Å². The Morgan fingerprint density at radius 2 is 2.02 bits per heavy atom. The number of pyridine rings is 1. The number of carbonyl (C=O) groups excluding carboxylic acids is 3. The number of anilines is 1. The van der Waals surface area contributed by atoms with Crippen LogP contribution in [0, 0.1) is 12.3 Å². The Labute approximate surface area is 278 Å². The summed E-state index contributed by atoms with van der Waals surface area (Å²) in [4.78, 5) is 53.2. The fraction of sp³-hybridized carbons (Fsp3) is 0.258. The van der Waals surface area contributed by atoms with Crippen molar-refractivity contribution in [2.75, 3.05) is 25.4 Å². The average molecular weight is 680 g/mol. The third-order valence-corrected chi connectivity index (χ3v) is 9.46. The summed E-state index contributed by atoms with van der Waals surface area (Å²) in [7, 11) is 0. The Balaban J connectivity index is 1.31. The normalized spacial score (nSPS) is 18.1. The molecule has 2 saturated heterocycles. The lowest BCUT2D eigenvalue weighted by atomic mass is 10.0. The number of aromatic hydroxyl groups is 1. The number of benzene rings is 2. The van der Waals surface area contributed by atoms with E-state index >= 15 is 0 Å². The van der Waals surface area contributed by atoms with Crippen molar-refractivity contribution in [2.45, 2.75) is 31.7 Å². The Morgan fingerprint density at radius 1 is 1.20 bits per heavy atom. The van der Waals surface area contributed by atoms with Gasteiger partial charge >= 0.3 is 6.03 Å². The molecule has 2 aromatic heterocycles. The van der Waals surface area contributed by atoms with Crippen molar-refractivity contribution < 1.29 is 19.5 Å². The van der Waals surface area contributed by atoms with Crippen molar-refractivity contribution >= 4 is 67.7 Å². The monoisotopic (exact) mass is 678 g/mol. The number of urea groups is 1. The molecule has 4 aromatic rings. The molecule has 2 aliphatic rings. The zero-order valence-corrected chi connectivity index (χ0v) is 26.6. The van der Waals surface area contributed by atoms with E-state index in [1.165, 1.54) is 33.5 Å². The average Bonchev–Trinajstić information content (AvgIpc) is 3.58. The van der Waals surface area contributed by atoms with E-state index in [1.54, 1.807) is 34.2 Å². The molecule has 6 rings (SSSR count). The maximum atomic E-state index is 14.1. The number of hydrogen-bond donors (Lipinski definition) is 3. The quantitative estimate of drug-likeness (QED) is 0.240. The lowest BCUT2D eigenvalue weighted by molar-refractivity contribution is -0.157. The van der Waals surface area contributed by atoms with E-state index in [0.717, 1.165) is 15.8 Å². The van der Waals surface area contributed by atoms with Gasteiger partial charge in [0.15, 0.2) is 5.13 Å². The fourth-order valence-corrected chi connectivity index (χ4v) is 6.87. The number of fused-ring (bicyclic) bond motifs is 2. The van der Waals surface area contributed by atoms with Gasteiger partial charge in [0, 0.05) is 25.2 Å². The predicted molar refractivity (Wildman–Crippen MR) is 174 cm³/mol. The third kappa shape index (κ3) is 6.25. The summed E-state index contributed by atoms with van der Waals surface area (Å²) in [5, 5.41) is 16.7. The summed E-state index contributed by atoms with van der Waals surface area (Å²) in [6.07, 6.45) is 6.36. The number of halogens is 2. The second kappa shape index (κ2) is 13.0. The Morgan fingerprint density at radius 3 is 2.76 bits per heavy atom. The van der Waals surface area contributed by atoms with Crippen molar-refractivity contribution in [2.24, 2.45) is 0 Å². The molecule has 0 radical (unpaired) electrons. The zero-order chi connectivity index (χ0) is 32.5. The van der Waals surface area contributed by atoms with Crippen LogP contribution >= 0.6 is 34.5 Å². The lowest BCUT2D eigenvalue weighted by Gasteiger charge is -2.46. The van der Waals surface area contributed by atoms with Crippen LogP contribution in [0.5, 0.6) is 5.75 Å². The number of nitrogen functional groups attached to an aromatic ring is 1. The first-order chi connectivity index (χ1) is 22.1. The number of amides is 4. The van der Waals surface area contributed by atoms with Gasteiger partial charge in [-0.05, 0) is 41.5 Å². The minimum Gasteiger partial charge on any atom is -0.506 e. The third-order valence-electron chi connectivity index (χ3n) is 7.87. The summed E-state index contributed by atoms with van der Waals surface area (Å²) in [6.45, 7) is 0.129. The molecule has 2 atom stereocenters. The number of terminal acetylenes is 1. The molecule has 12 nitrogen and oxygen atoms in total. The largest absolute Gasteiger partial charge is 0.506 e. The van der Waals surface area contributed by atoms with E-state index in [-0.39, 0.29) is 56.7 Å².